The summed E-state index contributed by atoms with van der Waals surface area (Å²) < 4.78 is 40.9. The van der Waals surface area contributed by atoms with Gasteiger partial charge in [0, 0.05) is 19.0 Å². The van der Waals surface area contributed by atoms with E-state index in [1.165, 1.54) is 0 Å². The summed E-state index contributed by atoms with van der Waals surface area (Å²) in [6.07, 6.45) is 4.72. The molecule has 1 atom stereocenters. The maximum Gasteiger partial charge on any atom is 0.490 e. The highest BCUT2D eigenvalue weighted by atomic mass is 32.2. The Morgan fingerprint density at radius 3 is 2.29 bits per heavy atom. The van der Waals surface area contributed by atoms with Crippen molar-refractivity contribution in [2.24, 2.45) is 5.92 Å². The normalized spacial score (nSPS) is 25.1. The largest absolute Gasteiger partial charge is 0.490 e. The third-order valence-electron chi connectivity index (χ3n) is 6.89. The molecule has 31 heavy (non-hydrogen) atoms. The van der Waals surface area contributed by atoms with Crippen LogP contribution in [0.15, 0.2) is 52.9 Å². The van der Waals surface area contributed by atoms with E-state index in [4.69, 9.17) is 9.31 Å². The van der Waals surface area contributed by atoms with Gasteiger partial charge in [0.25, 0.3) is 0 Å². The van der Waals surface area contributed by atoms with Crippen molar-refractivity contribution in [1.29, 1.82) is 0 Å². The van der Waals surface area contributed by atoms with Gasteiger partial charge in [0.2, 0.25) is 10.0 Å². The van der Waals surface area contributed by atoms with E-state index >= 15 is 0 Å². The van der Waals surface area contributed by atoms with Crippen molar-refractivity contribution in [2.75, 3.05) is 13.1 Å². The van der Waals surface area contributed by atoms with Crippen LogP contribution in [0.25, 0.3) is 0 Å². The van der Waals surface area contributed by atoms with Crippen molar-refractivity contribution in [3.8, 4) is 0 Å². The second-order valence-electron chi connectivity index (χ2n) is 9.70. The number of unbranched alkanes of at least 4 members (excludes halogenated alkanes) is 1. The van der Waals surface area contributed by atoms with Crippen molar-refractivity contribution in [3.05, 3.63) is 53.5 Å². The molecule has 0 bridgehead atoms. The highest BCUT2D eigenvalue weighted by Gasteiger charge is 2.53. The maximum absolute atomic E-state index is 13.3. The molecule has 2 saturated heterocycles. The first-order valence-corrected chi connectivity index (χ1v) is 12.6. The predicted molar refractivity (Wildman–Crippen MR) is 126 cm³/mol. The van der Waals surface area contributed by atoms with Crippen LogP contribution in [0.5, 0.6) is 0 Å². The smallest absolute Gasteiger partial charge is 0.400 e. The molecule has 7 heteroatoms. The molecule has 5 nitrogen and oxygen atoms in total. The monoisotopic (exact) mass is 445 g/mol. The van der Waals surface area contributed by atoms with E-state index in [0.29, 0.717) is 18.0 Å². The first-order valence-electron chi connectivity index (χ1n) is 11.2. The van der Waals surface area contributed by atoms with E-state index in [9.17, 15) is 8.42 Å². The summed E-state index contributed by atoms with van der Waals surface area (Å²) >= 11 is 0. The standard InChI is InChI=1S/C24H36BNO4S/c1-8-10-11-22(25-29-23(4,5)24(6,7)30-25)21-17-26(16-19(21)9-2)31(27,28)20-14-12-18(3)13-15-20/h9,12-15,19H,2,8,10-11,16-17H2,1,3-7H3/b22-21+. The van der Waals surface area contributed by atoms with Crippen LogP contribution >= 0.6 is 0 Å². The van der Waals surface area contributed by atoms with E-state index in [2.05, 4.69) is 13.5 Å². The summed E-state index contributed by atoms with van der Waals surface area (Å²) in [6.45, 7) is 17.0. The highest BCUT2D eigenvalue weighted by molar-refractivity contribution is 7.89. The minimum atomic E-state index is -3.58. The van der Waals surface area contributed by atoms with E-state index in [-0.39, 0.29) is 5.92 Å². The Bertz CT molecular complexity index is 934. The minimum absolute atomic E-state index is 0.0499. The number of benzene rings is 1. The molecule has 0 N–H and O–H groups in total. The topological polar surface area (TPSA) is 55.8 Å². The second-order valence-corrected chi connectivity index (χ2v) is 11.6. The van der Waals surface area contributed by atoms with E-state index in [1.807, 2.05) is 52.8 Å². The average molecular weight is 445 g/mol. The lowest BCUT2D eigenvalue weighted by Gasteiger charge is -2.32. The van der Waals surface area contributed by atoms with Gasteiger partial charge in [-0.1, -0.05) is 49.1 Å². The zero-order valence-electron chi connectivity index (χ0n) is 19.8. The van der Waals surface area contributed by atoms with Crippen molar-refractivity contribution in [2.45, 2.75) is 76.9 Å². The van der Waals surface area contributed by atoms with Crippen molar-refractivity contribution >= 4 is 17.1 Å². The Balaban J connectivity index is 1.98. The van der Waals surface area contributed by atoms with Crippen LogP contribution in [-0.2, 0) is 19.3 Å². The summed E-state index contributed by atoms with van der Waals surface area (Å²) in [6, 6.07) is 7.03. The molecule has 1 aromatic rings. The van der Waals surface area contributed by atoms with E-state index < -0.39 is 28.3 Å². The lowest BCUT2D eigenvalue weighted by molar-refractivity contribution is 0.00578. The van der Waals surface area contributed by atoms with Gasteiger partial charge in [-0.05, 0) is 58.6 Å². The number of hydrogen-bond acceptors (Lipinski definition) is 4. The molecule has 0 radical (unpaired) electrons. The third kappa shape index (κ3) is 4.70. The maximum atomic E-state index is 13.3. The van der Waals surface area contributed by atoms with E-state index in [0.717, 1.165) is 35.9 Å². The molecule has 2 aliphatic rings. The Hall–Kier alpha value is -1.41. The number of aryl methyl sites for hydroxylation is 1. The van der Waals surface area contributed by atoms with E-state index in [1.54, 1.807) is 16.4 Å². The summed E-state index contributed by atoms with van der Waals surface area (Å²) in [7, 11) is -4.05. The van der Waals surface area contributed by atoms with Crippen LogP contribution in [0, 0.1) is 12.8 Å². The number of sulfonamides is 1. The van der Waals surface area contributed by atoms with Crippen LogP contribution in [0.3, 0.4) is 0 Å². The molecular weight excluding hydrogens is 409 g/mol. The van der Waals surface area contributed by atoms with Crippen molar-refractivity contribution in [3.63, 3.8) is 0 Å². The van der Waals surface area contributed by atoms with Gasteiger partial charge in [0.1, 0.15) is 0 Å². The lowest BCUT2D eigenvalue weighted by Crippen LogP contribution is -2.41. The first-order chi connectivity index (χ1) is 14.4. The van der Waals surface area contributed by atoms with Gasteiger partial charge in [0.05, 0.1) is 16.1 Å². The number of nitrogens with zero attached hydrogens (tertiary/aromatic N) is 1. The predicted octanol–water partition coefficient (Wildman–Crippen LogP) is 4.92. The molecule has 2 heterocycles. The van der Waals surface area contributed by atoms with Gasteiger partial charge >= 0.3 is 7.12 Å². The van der Waals surface area contributed by atoms with Crippen LogP contribution in [-0.4, -0.2) is 44.1 Å². The average Bonchev–Trinajstić information content (AvgIpc) is 3.21. The number of allylic oxidation sites excluding steroid dienone is 1. The van der Waals surface area contributed by atoms with Crippen LogP contribution in [0.1, 0.15) is 59.4 Å². The first kappa shape index (κ1) is 24.2. The molecule has 1 aromatic carbocycles. The van der Waals surface area contributed by atoms with Crippen molar-refractivity contribution < 1.29 is 17.7 Å². The van der Waals surface area contributed by atoms with Gasteiger partial charge in [-0.25, -0.2) is 8.42 Å². The fourth-order valence-electron chi connectivity index (χ4n) is 4.08. The summed E-state index contributed by atoms with van der Waals surface area (Å²) in [5, 5.41) is 0. The second kappa shape index (κ2) is 8.85. The molecule has 0 aromatic heterocycles. The molecule has 3 rings (SSSR count). The zero-order chi connectivity index (χ0) is 23.0. The molecule has 0 amide bonds. The van der Waals surface area contributed by atoms with Crippen LogP contribution < -0.4 is 0 Å². The highest BCUT2D eigenvalue weighted by Crippen LogP contribution is 2.42. The molecular formula is C24H36BNO4S. The molecule has 0 spiro atoms. The Morgan fingerprint density at radius 1 is 1.19 bits per heavy atom. The zero-order valence-corrected chi connectivity index (χ0v) is 20.6. The third-order valence-corrected chi connectivity index (χ3v) is 8.71. The molecule has 2 fully saturated rings. The van der Waals surface area contributed by atoms with Gasteiger partial charge in [-0.2, -0.15) is 4.31 Å². The van der Waals surface area contributed by atoms with Gasteiger partial charge in [-0.15, -0.1) is 6.58 Å². The molecule has 170 valence electrons. The van der Waals surface area contributed by atoms with Crippen LogP contribution in [0.2, 0.25) is 0 Å². The quantitative estimate of drug-likeness (QED) is 0.442. The SMILES string of the molecule is C=CC1CN(S(=O)(=O)c2ccc(C)cc2)C/C1=C(/CCCC)B1OC(C)(C)C(C)(C)O1. The molecule has 0 saturated carbocycles. The van der Waals surface area contributed by atoms with Crippen molar-refractivity contribution in [1.82, 2.24) is 4.31 Å². The van der Waals surface area contributed by atoms with Gasteiger partial charge in [0.15, 0.2) is 0 Å². The molecule has 0 aliphatic carbocycles. The van der Waals surface area contributed by atoms with Gasteiger partial charge in [-0.3, -0.25) is 0 Å². The minimum Gasteiger partial charge on any atom is -0.400 e. The summed E-state index contributed by atoms with van der Waals surface area (Å²) in [4.78, 5) is 0.327. The Kier molecular flexibility index (Phi) is 6.92. The molecule has 1 unspecified atom stereocenters. The summed E-state index contributed by atoms with van der Waals surface area (Å²) in [5.74, 6) is -0.0499. The molecule has 2 aliphatic heterocycles. The van der Waals surface area contributed by atoms with Crippen LogP contribution in [0.4, 0.5) is 0 Å². The van der Waals surface area contributed by atoms with Gasteiger partial charge < -0.3 is 9.31 Å². The Labute approximate surface area is 188 Å². The number of hydrogen-bond donors (Lipinski definition) is 0. The summed E-state index contributed by atoms with van der Waals surface area (Å²) in [5.41, 5.74) is 2.30. The fraction of sp³-hybridized carbons (Fsp3) is 0.583. The number of rotatable bonds is 7. The Morgan fingerprint density at radius 2 is 1.77 bits per heavy atom. The lowest BCUT2D eigenvalue weighted by atomic mass is 9.70. The fourth-order valence-corrected chi connectivity index (χ4v) is 5.53.